The third kappa shape index (κ3) is 2.03. The highest BCUT2D eigenvalue weighted by Gasteiger charge is 2.33. The zero-order valence-electron chi connectivity index (χ0n) is 12.4. The Labute approximate surface area is 136 Å². The van der Waals surface area contributed by atoms with Crippen molar-refractivity contribution >= 4 is 11.0 Å². The number of pyridine rings is 1. The quantitative estimate of drug-likeness (QED) is 0.691. The fourth-order valence-electron chi connectivity index (χ4n) is 2.97. The molecular formula is C18H11N3O3. The van der Waals surface area contributed by atoms with Gasteiger partial charge in [0, 0.05) is 23.8 Å². The van der Waals surface area contributed by atoms with Crippen molar-refractivity contribution in [2.75, 3.05) is 0 Å². The van der Waals surface area contributed by atoms with E-state index in [9.17, 15) is 10.1 Å². The number of allylic oxidation sites excluding steroid dienone is 1. The monoisotopic (exact) mass is 317 g/mol. The van der Waals surface area contributed by atoms with Crippen LogP contribution in [-0.4, -0.2) is 4.98 Å². The molecule has 3 aromatic rings. The highest BCUT2D eigenvalue weighted by molar-refractivity contribution is 5.84. The number of ether oxygens (including phenoxy) is 1. The summed E-state index contributed by atoms with van der Waals surface area (Å²) in [5.74, 6) is 0.0237. The van der Waals surface area contributed by atoms with Crippen LogP contribution >= 0.6 is 0 Å². The van der Waals surface area contributed by atoms with Crippen LogP contribution in [0.25, 0.3) is 11.0 Å². The molecule has 1 unspecified atom stereocenters. The van der Waals surface area contributed by atoms with Gasteiger partial charge in [-0.25, -0.2) is 4.79 Å². The molecule has 0 bridgehead atoms. The van der Waals surface area contributed by atoms with Crippen LogP contribution in [0.4, 0.5) is 0 Å². The van der Waals surface area contributed by atoms with Crippen LogP contribution in [0.3, 0.4) is 0 Å². The first kappa shape index (κ1) is 14.0. The van der Waals surface area contributed by atoms with Gasteiger partial charge in [-0.2, -0.15) is 5.26 Å². The van der Waals surface area contributed by atoms with E-state index in [4.69, 9.17) is 14.9 Å². The predicted octanol–water partition coefficient (Wildman–Crippen LogP) is 2.41. The van der Waals surface area contributed by atoms with Crippen molar-refractivity contribution in [2.24, 2.45) is 5.73 Å². The van der Waals surface area contributed by atoms with Gasteiger partial charge in [-0.3, -0.25) is 4.98 Å². The molecule has 1 aliphatic rings. The van der Waals surface area contributed by atoms with Gasteiger partial charge in [0.15, 0.2) is 0 Å². The molecule has 3 heterocycles. The standard InChI is InChI=1S/C18H11N3O3/c19-9-12-15(10-5-7-21-8-6-10)16-13(23-18(12)20)3-1-11-2-4-14(22)24-17(11)16/h1-8,15H,20H2. The maximum atomic E-state index is 11.7. The first-order chi connectivity index (χ1) is 11.7. The van der Waals surface area contributed by atoms with Crippen LogP contribution in [0, 0.1) is 11.3 Å². The minimum Gasteiger partial charge on any atom is -0.440 e. The Bertz CT molecular complexity index is 1080. The molecule has 0 radical (unpaired) electrons. The van der Waals surface area contributed by atoms with Crippen molar-refractivity contribution in [3.63, 3.8) is 0 Å². The predicted molar refractivity (Wildman–Crippen MR) is 86.0 cm³/mol. The summed E-state index contributed by atoms with van der Waals surface area (Å²) in [4.78, 5) is 15.7. The van der Waals surface area contributed by atoms with Gasteiger partial charge < -0.3 is 14.9 Å². The third-order valence-corrected chi connectivity index (χ3v) is 4.01. The average Bonchev–Trinajstić information content (AvgIpc) is 2.61. The van der Waals surface area contributed by atoms with Gasteiger partial charge in [-0.1, -0.05) is 0 Å². The van der Waals surface area contributed by atoms with E-state index in [0.29, 0.717) is 16.9 Å². The average molecular weight is 317 g/mol. The molecule has 1 atom stereocenters. The molecule has 1 aromatic carbocycles. The van der Waals surface area contributed by atoms with E-state index in [0.717, 1.165) is 10.9 Å². The van der Waals surface area contributed by atoms with Crippen LogP contribution in [0.5, 0.6) is 5.75 Å². The second-order valence-corrected chi connectivity index (χ2v) is 5.36. The van der Waals surface area contributed by atoms with Gasteiger partial charge in [0.05, 0.1) is 11.5 Å². The number of hydrogen-bond donors (Lipinski definition) is 1. The van der Waals surface area contributed by atoms with Crippen LogP contribution in [0.2, 0.25) is 0 Å². The summed E-state index contributed by atoms with van der Waals surface area (Å²) in [6, 6.07) is 12.3. The van der Waals surface area contributed by atoms with E-state index in [1.807, 2.05) is 0 Å². The summed E-state index contributed by atoms with van der Waals surface area (Å²) in [7, 11) is 0. The lowest BCUT2D eigenvalue weighted by Gasteiger charge is -2.26. The van der Waals surface area contributed by atoms with Gasteiger partial charge in [0.2, 0.25) is 5.88 Å². The molecule has 0 saturated heterocycles. The van der Waals surface area contributed by atoms with Gasteiger partial charge >= 0.3 is 5.63 Å². The second-order valence-electron chi connectivity index (χ2n) is 5.36. The van der Waals surface area contributed by atoms with Crippen molar-refractivity contribution in [3.8, 4) is 11.8 Å². The number of nitriles is 1. The minimum absolute atomic E-state index is 0.0458. The largest absolute Gasteiger partial charge is 0.440 e. The van der Waals surface area contributed by atoms with Crippen molar-refractivity contribution in [3.05, 3.63) is 81.8 Å². The number of aromatic nitrogens is 1. The second kappa shape index (κ2) is 5.25. The zero-order chi connectivity index (χ0) is 16.7. The highest BCUT2D eigenvalue weighted by Crippen LogP contribution is 2.45. The molecule has 0 saturated carbocycles. The Kier molecular flexibility index (Phi) is 3.07. The molecule has 0 aliphatic carbocycles. The van der Waals surface area contributed by atoms with E-state index in [1.54, 1.807) is 42.7 Å². The molecule has 6 heteroatoms. The number of fused-ring (bicyclic) bond motifs is 3. The van der Waals surface area contributed by atoms with Crippen LogP contribution in [0.15, 0.2) is 69.5 Å². The van der Waals surface area contributed by atoms with Crippen LogP contribution in [0.1, 0.15) is 17.0 Å². The summed E-state index contributed by atoms with van der Waals surface area (Å²) < 4.78 is 11.0. The molecule has 24 heavy (non-hydrogen) atoms. The summed E-state index contributed by atoms with van der Waals surface area (Å²) >= 11 is 0. The Hall–Kier alpha value is -3.59. The fourth-order valence-corrected chi connectivity index (χ4v) is 2.97. The summed E-state index contributed by atoms with van der Waals surface area (Å²) in [6.45, 7) is 0. The molecule has 1 aliphatic heterocycles. The maximum absolute atomic E-state index is 11.7. The van der Waals surface area contributed by atoms with E-state index >= 15 is 0 Å². The number of nitrogens with zero attached hydrogens (tertiary/aromatic N) is 2. The van der Waals surface area contributed by atoms with Gasteiger partial charge in [-0.05, 0) is 35.9 Å². The van der Waals surface area contributed by atoms with Crippen LogP contribution < -0.4 is 16.1 Å². The van der Waals surface area contributed by atoms with Gasteiger partial charge in [-0.15, -0.1) is 0 Å². The van der Waals surface area contributed by atoms with Crippen molar-refractivity contribution in [2.45, 2.75) is 5.92 Å². The van der Waals surface area contributed by atoms with Gasteiger partial charge in [0.25, 0.3) is 0 Å². The Morgan fingerprint density at radius 1 is 1.12 bits per heavy atom. The number of hydrogen-bond acceptors (Lipinski definition) is 6. The lowest BCUT2D eigenvalue weighted by molar-refractivity contribution is 0.392. The molecule has 0 amide bonds. The molecule has 6 nitrogen and oxygen atoms in total. The number of benzene rings is 1. The van der Waals surface area contributed by atoms with Gasteiger partial charge in [0.1, 0.15) is 23.0 Å². The number of rotatable bonds is 1. The molecule has 116 valence electrons. The lowest BCUT2D eigenvalue weighted by atomic mass is 9.83. The Balaban J connectivity index is 2.11. The zero-order valence-corrected chi connectivity index (χ0v) is 12.4. The first-order valence-electron chi connectivity index (χ1n) is 7.23. The van der Waals surface area contributed by atoms with Crippen molar-refractivity contribution in [1.29, 1.82) is 5.26 Å². The molecule has 2 N–H and O–H groups in total. The molecule has 2 aromatic heterocycles. The summed E-state index contributed by atoms with van der Waals surface area (Å²) in [5, 5.41) is 10.3. The number of nitrogens with two attached hydrogens (primary N) is 1. The molecular weight excluding hydrogens is 306 g/mol. The Morgan fingerprint density at radius 2 is 1.88 bits per heavy atom. The van der Waals surface area contributed by atoms with E-state index in [1.165, 1.54) is 6.07 Å². The van der Waals surface area contributed by atoms with E-state index in [-0.39, 0.29) is 11.5 Å². The van der Waals surface area contributed by atoms with Crippen molar-refractivity contribution < 1.29 is 9.15 Å². The van der Waals surface area contributed by atoms with Crippen molar-refractivity contribution in [1.82, 2.24) is 4.98 Å². The molecule has 0 fully saturated rings. The third-order valence-electron chi connectivity index (χ3n) is 4.01. The van der Waals surface area contributed by atoms with E-state index in [2.05, 4.69) is 11.1 Å². The smallest absolute Gasteiger partial charge is 0.336 e. The molecule has 4 rings (SSSR count). The summed E-state index contributed by atoms with van der Waals surface area (Å²) in [6.07, 6.45) is 3.27. The Morgan fingerprint density at radius 3 is 2.62 bits per heavy atom. The van der Waals surface area contributed by atoms with E-state index < -0.39 is 11.5 Å². The first-order valence-corrected chi connectivity index (χ1v) is 7.23. The fraction of sp³-hybridized carbons (Fsp3) is 0.0556. The minimum atomic E-state index is -0.490. The topological polar surface area (TPSA) is 102 Å². The normalized spacial score (nSPS) is 16.4. The lowest BCUT2D eigenvalue weighted by Crippen LogP contribution is -2.21. The SMILES string of the molecule is N#CC1=C(N)Oc2ccc3ccc(=O)oc3c2C1c1ccncc1. The maximum Gasteiger partial charge on any atom is 0.336 e. The molecule has 0 spiro atoms. The summed E-state index contributed by atoms with van der Waals surface area (Å²) in [5.41, 5.74) is 7.55. The van der Waals surface area contributed by atoms with Crippen LogP contribution in [-0.2, 0) is 0 Å². The highest BCUT2D eigenvalue weighted by atomic mass is 16.5.